The molecular weight excluding hydrogens is 468 g/mol. The molecule has 10 nitrogen and oxygen atoms in total. The van der Waals surface area contributed by atoms with E-state index in [1.807, 2.05) is 29.3 Å². The molecule has 1 aliphatic rings. The Morgan fingerprint density at radius 3 is 2.73 bits per heavy atom. The molecule has 0 aliphatic carbocycles. The van der Waals surface area contributed by atoms with Crippen LogP contribution >= 0.6 is 0 Å². The van der Waals surface area contributed by atoms with Gasteiger partial charge in [-0.25, -0.2) is 9.97 Å². The fourth-order valence-electron chi connectivity index (χ4n) is 4.38. The maximum atomic E-state index is 12.6. The minimum atomic E-state index is -0.995. The lowest BCUT2D eigenvalue weighted by atomic mass is 10.1. The lowest BCUT2D eigenvalue weighted by Crippen LogP contribution is -2.42. The summed E-state index contributed by atoms with van der Waals surface area (Å²) in [5, 5.41) is 17.1. The molecule has 0 saturated carbocycles. The molecule has 10 heteroatoms. The van der Waals surface area contributed by atoms with Gasteiger partial charge in [-0.05, 0) is 57.4 Å². The SMILES string of the molecule is CC(C)(C#N)NC(=O)c1cccc(-c2cnc3[nH]c(-c4cnn(CC(=O)N5CCCCC5)c4)cc3c2)n1. The minimum absolute atomic E-state index is 0.0944. The van der Waals surface area contributed by atoms with Gasteiger partial charge in [0.15, 0.2) is 0 Å². The summed E-state index contributed by atoms with van der Waals surface area (Å²) in [5.41, 5.74) is 3.01. The van der Waals surface area contributed by atoms with Gasteiger partial charge in [0.1, 0.15) is 23.4 Å². The highest BCUT2D eigenvalue weighted by molar-refractivity contribution is 5.94. The molecule has 1 fully saturated rings. The second-order valence-electron chi connectivity index (χ2n) is 9.81. The van der Waals surface area contributed by atoms with Crippen molar-refractivity contribution in [2.24, 2.45) is 0 Å². The van der Waals surface area contributed by atoms with Crippen LogP contribution in [0.4, 0.5) is 0 Å². The Morgan fingerprint density at radius 2 is 1.95 bits per heavy atom. The Labute approximate surface area is 214 Å². The Morgan fingerprint density at radius 1 is 1.14 bits per heavy atom. The molecule has 1 aliphatic heterocycles. The number of hydrogen-bond donors (Lipinski definition) is 2. The van der Waals surface area contributed by atoms with Crippen LogP contribution in [0.5, 0.6) is 0 Å². The van der Waals surface area contributed by atoms with Crippen LogP contribution in [-0.2, 0) is 11.3 Å². The Hall–Kier alpha value is -4.52. The molecule has 0 spiro atoms. The van der Waals surface area contributed by atoms with Gasteiger partial charge in [0.2, 0.25) is 5.91 Å². The van der Waals surface area contributed by atoms with Crippen molar-refractivity contribution < 1.29 is 9.59 Å². The van der Waals surface area contributed by atoms with E-state index in [4.69, 9.17) is 0 Å². The maximum absolute atomic E-state index is 12.6. The van der Waals surface area contributed by atoms with Crippen molar-refractivity contribution in [1.29, 1.82) is 5.26 Å². The average molecular weight is 497 g/mol. The number of amides is 2. The Bertz CT molecular complexity index is 1500. The lowest BCUT2D eigenvalue weighted by molar-refractivity contribution is -0.132. The average Bonchev–Trinajstić information content (AvgIpc) is 3.55. The predicted molar refractivity (Wildman–Crippen MR) is 138 cm³/mol. The first-order valence-corrected chi connectivity index (χ1v) is 12.3. The first-order valence-electron chi connectivity index (χ1n) is 12.3. The number of carbonyl (C=O) groups is 2. The molecule has 4 aromatic heterocycles. The highest BCUT2D eigenvalue weighted by Gasteiger charge is 2.21. The number of hydrogen-bond acceptors (Lipinski definition) is 6. The van der Waals surface area contributed by atoms with Crippen molar-refractivity contribution in [3.63, 3.8) is 0 Å². The number of likely N-dealkylation sites (tertiary alicyclic amines) is 1. The smallest absolute Gasteiger partial charge is 0.271 e. The highest BCUT2D eigenvalue weighted by atomic mass is 16.2. The summed E-state index contributed by atoms with van der Waals surface area (Å²) in [6.45, 7) is 5.13. The zero-order valence-electron chi connectivity index (χ0n) is 20.9. The summed E-state index contributed by atoms with van der Waals surface area (Å²) in [6, 6.07) is 11.2. The number of nitriles is 1. The number of fused-ring (bicyclic) bond motifs is 1. The quantitative estimate of drug-likeness (QED) is 0.420. The third-order valence-corrected chi connectivity index (χ3v) is 6.40. The largest absolute Gasteiger partial charge is 0.341 e. The number of piperidine rings is 1. The molecule has 2 amide bonds. The molecule has 0 radical (unpaired) electrons. The van der Waals surface area contributed by atoms with Crippen molar-refractivity contribution in [1.82, 2.24) is 34.9 Å². The number of pyridine rings is 2. The van der Waals surface area contributed by atoms with E-state index in [-0.39, 0.29) is 18.1 Å². The van der Waals surface area contributed by atoms with Crippen molar-refractivity contribution in [2.45, 2.75) is 45.2 Å². The molecule has 2 N–H and O–H groups in total. The van der Waals surface area contributed by atoms with Gasteiger partial charge in [-0.2, -0.15) is 10.4 Å². The number of nitrogens with zero attached hydrogens (tertiary/aromatic N) is 6. The van der Waals surface area contributed by atoms with Crippen LogP contribution in [0.25, 0.3) is 33.5 Å². The van der Waals surface area contributed by atoms with E-state index in [9.17, 15) is 14.9 Å². The molecule has 0 atom stereocenters. The van der Waals surface area contributed by atoms with Crippen LogP contribution in [0.1, 0.15) is 43.6 Å². The van der Waals surface area contributed by atoms with Crippen LogP contribution in [-0.4, -0.2) is 60.1 Å². The van der Waals surface area contributed by atoms with E-state index in [0.29, 0.717) is 11.3 Å². The summed E-state index contributed by atoms with van der Waals surface area (Å²) >= 11 is 0. The first-order chi connectivity index (χ1) is 17.8. The van der Waals surface area contributed by atoms with E-state index in [1.54, 1.807) is 43.1 Å². The predicted octanol–water partition coefficient (Wildman–Crippen LogP) is 3.53. The van der Waals surface area contributed by atoms with Gasteiger partial charge < -0.3 is 15.2 Å². The molecule has 4 aromatic rings. The number of carbonyl (C=O) groups excluding carboxylic acids is 2. The molecule has 1 saturated heterocycles. The number of H-pyrrole nitrogens is 1. The normalized spacial score (nSPS) is 13.9. The molecule has 5 rings (SSSR count). The standard InChI is InChI=1S/C27H28N8O2/c1-27(2,17-28)33-26(37)22-8-6-7-21(31-22)19-11-18-12-23(32-25(18)29-13-19)20-14-30-35(15-20)16-24(36)34-9-4-3-5-10-34/h6-8,11-15H,3-5,9-10,16H2,1-2H3,(H,29,32)(H,33,37). The van der Waals surface area contributed by atoms with Gasteiger partial charge >= 0.3 is 0 Å². The number of rotatable bonds is 6. The molecule has 5 heterocycles. The minimum Gasteiger partial charge on any atom is -0.341 e. The fraction of sp³-hybridized carbons (Fsp3) is 0.333. The molecule has 188 valence electrons. The molecule has 0 bridgehead atoms. The topological polar surface area (TPSA) is 133 Å². The number of nitrogens with one attached hydrogen (secondary N) is 2. The second-order valence-corrected chi connectivity index (χ2v) is 9.81. The molecule has 0 aromatic carbocycles. The van der Waals surface area contributed by atoms with E-state index in [1.165, 1.54) is 6.42 Å². The van der Waals surface area contributed by atoms with Crippen molar-refractivity contribution in [2.75, 3.05) is 13.1 Å². The van der Waals surface area contributed by atoms with Crippen LogP contribution in [0.3, 0.4) is 0 Å². The number of aromatic amines is 1. The van der Waals surface area contributed by atoms with E-state index in [2.05, 4.69) is 31.4 Å². The van der Waals surface area contributed by atoms with Crippen molar-refractivity contribution >= 4 is 22.8 Å². The van der Waals surface area contributed by atoms with Crippen LogP contribution in [0.15, 0.2) is 48.9 Å². The summed E-state index contributed by atoms with van der Waals surface area (Å²) in [7, 11) is 0. The van der Waals surface area contributed by atoms with Crippen molar-refractivity contribution in [3.05, 3.63) is 54.6 Å². The summed E-state index contributed by atoms with van der Waals surface area (Å²) in [6.07, 6.45) is 8.61. The third kappa shape index (κ3) is 5.35. The summed E-state index contributed by atoms with van der Waals surface area (Å²) < 4.78 is 1.67. The van der Waals surface area contributed by atoms with Gasteiger partial charge in [0.25, 0.3) is 5.91 Å². The number of aromatic nitrogens is 5. The van der Waals surface area contributed by atoms with Gasteiger partial charge in [0.05, 0.1) is 23.7 Å². The zero-order valence-corrected chi connectivity index (χ0v) is 20.9. The lowest BCUT2D eigenvalue weighted by Gasteiger charge is -2.26. The summed E-state index contributed by atoms with van der Waals surface area (Å²) in [5.74, 6) is -0.320. The van der Waals surface area contributed by atoms with Crippen LogP contribution < -0.4 is 5.32 Å². The van der Waals surface area contributed by atoms with Crippen LogP contribution in [0.2, 0.25) is 0 Å². The van der Waals surface area contributed by atoms with Crippen molar-refractivity contribution in [3.8, 4) is 28.6 Å². The van der Waals surface area contributed by atoms with Gasteiger partial charge in [0, 0.05) is 42.0 Å². The maximum Gasteiger partial charge on any atom is 0.271 e. The molecule has 37 heavy (non-hydrogen) atoms. The fourth-order valence-corrected chi connectivity index (χ4v) is 4.38. The van der Waals surface area contributed by atoms with E-state index < -0.39 is 11.4 Å². The van der Waals surface area contributed by atoms with Gasteiger partial charge in [-0.3, -0.25) is 14.3 Å². The Balaban J connectivity index is 1.34. The molecule has 0 unspecified atom stereocenters. The van der Waals surface area contributed by atoms with Gasteiger partial charge in [-0.15, -0.1) is 0 Å². The first kappa shape index (κ1) is 24.2. The zero-order chi connectivity index (χ0) is 26.0. The van der Waals surface area contributed by atoms with E-state index in [0.717, 1.165) is 48.1 Å². The van der Waals surface area contributed by atoms with E-state index >= 15 is 0 Å². The monoisotopic (exact) mass is 496 g/mol. The second kappa shape index (κ2) is 9.85. The Kier molecular flexibility index (Phi) is 6.44. The summed E-state index contributed by atoms with van der Waals surface area (Å²) in [4.78, 5) is 39.4. The third-order valence-electron chi connectivity index (χ3n) is 6.40. The van der Waals surface area contributed by atoms with Gasteiger partial charge in [-0.1, -0.05) is 6.07 Å². The van der Waals surface area contributed by atoms with Crippen LogP contribution in [0, 0.1) is 11.3 Å². The highest BCUT2D eigenvalue weighted by Crippen LogP contribution is 2.26. The molecular formula is C27H28N8O2.